The topological polar surface area (TPSA) is 86.7 Å². The number of carboxylic acids is 1. The minimum absolute atomic E-state index is 0.179. The highest BCUT2D eigenvalue weighted by molar-refractivity contribution is 14.1. The van der Waals surface area contributed by atoms with Gasteiger partial charge in [-0.05, 0) is 71.3 Å². The molecule has 1 heterocycles. The quantitative estimate of drug-likeness (QED) is 0.247. The third-order valence-corrected chi connectivity index (χ3v) is 8.68. The number of nitrogens with one attached hydrogen (secondary N) is 1. The van der Waals surface area contributed by atoms with Gasteiger partial charge in [-0.15, -0.1) is 0 Å². The molecule has 0 aliphatic carbocycles. The molecule has 1 atom stereocenters. The first kappa shape index (κ1) is 26.0. The predicted molar refractivity (Wildman–Crippen MR) is 140 cm³/mol. The Morgan fingerprint density at radius 3 is 2.30 bits per heavy atom. The summed E-state index contributed by atoms with van der Waals surface area (Å²) in [5, 5.41) is 12.3. The summed E-state index contributed by atoms with van der Waals surface area (Å²) in [4.78, 5) is 10.9. The largest absolute Gasteiger partial charge is 0.481 e. The average molecular weight is 585 g/mol. The maximum Gasteiger partial charge on any atom is 0.303 e. The van der Waals surface area contributed by atoms with Crippen LogP contribution in [0.15, 0.2) is 47.4 Å². The highest BCUT2D eigenvalue weighted by Crippen LogP contribution is 2.40. The second-order valence-corrected chi connectivity index (χ2v) is 11.8. The Balaban J connectivity index is 1.58. The number of benzene rings is 2. The lowest BCUT2D eigenvalue weighted by molar-refractivity contribution is -0.137. The Morgan fingerprint density at radius 2 is 1.61 bits per heavy atom. The van der Waals surface area contributed by atoms with Crippen molar-refractivity contribution in [1.29, 1.82) is 0 Å². The molecule has 0 spiro atoms. The van der Waals surface area contributed by atoms with Gasteiger partial charge in [-0.25, -0.2) is 8.42 Å². The zero-order chi connectivity index (χ0) is 23.8. The summed E-state index contributed by atoms with van der Waals surface area (Å²) in [6.07, 6.45) is 8.76. The molecule has 1 unspecified atom stereocenters. The molecule has 180 valence electrons. The summed E-state index contributed by atoms with van der Waals surface area (Å²) in [7, 11) is -2.00. The molecule has 33 heavy (non-hydrogen) atoms. The van der Waals surface area contributed by atoms with Gasteiger partial charge in [0.25, 0.3) is 10.0 Å². The summed E-state index contributed by atoms with van der Waals surface area (Å²) >= 11 is 2.16. The number of sulfonamides is 1. The smallest absolute Gasteiger partial charge is 0.303 e. The summed E-state index contributed by atoms with van der Waals surface area (Å²) in [6, 6.07) is 13.2. The number of hydrogen-bond acceptors (Lipinski definition) is 4. The van der Waals surface area contributed by atoms with Gasteiger partial charge in [-0.1, -0.05) is 62.8 Å². The first-order chi connectivity index (χ1) is 15.8. The summed E-state index contributed by atoms with van der Waals surface area (Å²) in [5.41, 5.74) is 2.49. The average Bonchev–Trinajstić information content (AvgIpc) is 2.85. The molecule has 0 aromatic heterocycles. The van der Waals surface area contributed by atoms with Crippen LogP contribution < -0.4 is 9.62 Å². The van der Waals surface area contributed by atoms with E-state index >= 15 is 0 Å². The number of carboxylic acid groups (broad SMARTS) is 1. The zero-order valence-electron chi connectivity index (χ0n) is 19.1. The minimum Gasteiger partial charge on any atom is -0.481 e. The number of fused-ring (bicyclic) bond motifs is 2. The number of anilines is 1. The normalized spacial score (nSPS) is 16.7. The maximum absolute atomic E-state index is 13.3. The summed E-state index contributed by atoms with van der Waals surface area (Å²) in [6.45, 7) is 0.812. The standard InChI is InChI=1S/C25H33IN2O4S/c1-28-22-13-10-9-12-20(22)25(21-16-15-19(26)18-23(21)33(28,31)32)27-17-11-7-5-3-2-4-6-8-14-24(29)30/h9-10,12-13,15-16,18,25,27H,2-8,11,14,17H2,1H3,(H,29,30). The first-order valence-corrected chi connectivity index (χ1v) is 14.2. The molecule has 0 amide bonds. The van der Waals surface area contributed by atoms with E-state index in [4.69, 9.17) is 5.11 Å². The van der Waals surface area contributed by atoms with Crippen molar-refractivity contribution >= 4 is 44.3 Å². The molecule has 0 radical (unpaired) electrons. The summed E-state index contributed by atoms with van der Waals surface area (Å²) in [5.74, 6) is -0.708. The Hall–Kier alpha value is -1.65. The van der Waals surface area contributed by atoms with Crippen LogP contribution >= 0.6 is 22.6 Å². The SMILES string of the molecule is CN1c2ccccc2C(NCCCCCCCCCCC(=O)O)c2ccc(I)cc2S1(=O)=O. The molecule has 3 rings (SSSR count). The van der Waals surface area contributed by atoms with Crippen LogP contribution in [0.2, 0.25) is 0 Å². The number of hydrogen-bond donors (Lipinski definition) is 2. The Morgan fingerprint density at radius 1 is 0.970 bits per heavy atom. The molecule has 0 saturated carbocycles. The van der Waals surface area contributed by atoms with Crippen LogP contribution in [0.25, 0.3) is 0 Å². The summed E-state index contributed by atoms with van der Waals surface area (Å²) < 4.78 is 28.9. The van der Waals surface area contributed by atoms with E-state index in [0.717, 1.165) is 66.2 Å². The third kappa shape index (κ3) is 6.70. The van der Waals surface area contributed by atoms with Crippen LogP contribution in [-0.2, 0) is 14.8 Å². The van der Waals surface area contributed by atoms with Crippen LogP contribution in [0.5, 0.6) is 0 Å². The number of aliphatic carboxylic acids is 1. The number of unbranched alkanes of at least 4 members (excludes halogenated alkanes) is 7. The Bertz CT molecular complexity index is 1060. The van der Waals surface area contributed by atoms with Crippen molar-refractivity contribution in [3.63, 3.8) is 0 Å². The minimum atomic E-state index is -3.63. The molecule has 0 bridgehead atoms. The van der Waals surface area contributed by atoms with Crippen LogP contribution in [0.4, 0.5) is 5.69 Å². The molecule has 2 N–H and O–H groups in total. The molecule has 2 aromatic carbocycles. The van der Waals surface area contributed by atoms with Gasteiger partial charge in [0.1, 0.15) is 0 Å². The van der Waals surface area contributed by atoms with E-state index in [0.29, 0.717) is 10.6 Å². The lowest BCUT2D eigenvalue weighted by Crippen LogP contribution is -2.26. The second kappa shape index (κ2) is 12.2. The van der Waals surface area contributed by atoms with Crippen molar-refractivity contribution in [3.8, 4) is 0 Å². The van der Waals surface area contributed by atoms with Gasteiger partial charge < -0.3 is 10.4 Å². The van der Waals surface area contributed by atoms with E-state index in [-0.39, 0.29) is 12.5 Å². The third-order valence-electron chi connectivity index (χ3n) is 6.18. The van der Waals surface area contributed by atoms with Gasteiger partial charge in [0.2, 0.25) is 0 Å². The van der Waals surface area contributed by atoms with Crippen LogP contribution in [0.3, 0.4) is 0 Å². The van der Waals surface area contributed by atoms with Crippen LogP contribution in [0.1, 0.15) is 75.0 Å². The fourth-order valence-corrected chi connectivity index (χ4v) is 6.54. The van der Waals surface area contributed by atoms with E-state index in [1.165, 1.54) is 10.7 Å². The predicted octanol–water partition coefficient (Wildman–Crippen LogP) is 5.70. The lowest BCUT2D eigenvalue weighted by atomic mass is 9.96. The number of para-hydroxylation sites is 1. The zero-order valence-corrected chi connectivity index (χ0v) is 22.1. The fraction of sp³-hybridized carbons (Fsp3) is 0.480. The van der Waals surface area contributed by atoms with Gasteiger partial charge in [0.15, 0.2) is 0 Å². The van der Waals surface area contributed by atoms with Crippen LogP contribution in [0, 0.1) is 3.57 Å². The van der Waals surface area contributed by atoms with Gasteiger partial charge in [-0.3, -0.25) is 9.10 Å². The van der Waals surface area contributed by atoms with Crippen LogP contribution in [-0.4, -0.2) is 33.1 Å². The molecule has 0 saturated heterocycles. The highest BCUT2D eigenvalue weighted by Gasteiger charge is 2.34. The molecule has 6 nitrogen and oxygen atoms in total. The maximum atomic E-state index is 13.3. The molecular formula is C25H33IN2O4S. The number of rotatable bonds is 12. The number of nitrogens with zero attached hydrogens (tertiary/aromatic N) is 1. The van der Waals surface area contributed by atoms with Crippen molar-refractivity contribution in [1.82, 2.24) is 5.32 Å². The molecule has 0 fully saturated rings. The second-order valence-electron chi connectivity index (χ2n) is 8.57. The Labute approximate surface area is 211 Å². The first-order valence-electron chi connectivity index (χ1n) is 11.6. The van der Waals surface area contributed by atoms with E-state index in [1.54, 1.807) is 13.1 Å². The van der Waals surface area contributed by atoms with E-state index in [1.807, 2.05) is 36.4 Å². The van der Waals surface area contributed by atoms with Gasteiger partial charge >= 0.3 is 5.97 Å². The van der Waals surface area contributed by atoms with Gasteiger partial charge in [-0.2, -0.15) is 0 Å². The molecule has 1 aliphatic rings. The lowest BCUT2D eigenvalue weighted by Gasteiger charge is -2.22. The Kier molecular flexibility index (Phi) is 9.57. The van der Waals surface area contributed by atoms with E-state index in [9.17, 15) is 13.2 Å². The van der Waals surface area contributed by atoms with Crippen molar-refractivity contribution in [2.45, 2.75) is 68.7 Å². The van der Waals surface area contributed by atoms with Crippen molar-refractivity contribution in [2.24, 2.45) is 0 Å². The molecular weight excluding hydrogens is 551 g/mol. The fourth-order valence-electron chi connectivity index (χ4n) is 4.36. The van der Waals surface area contributed by atoms with E-state index < -0.39 is 16.0 Å². The van der Waals surface area contributed by atoms with E-state index in [2.05, 4.69) is 27.9 Å². The highest BCUT2D eigenvalue weighted by atomic mass is 127. The molecule has 2 aromatic rings. The number of carbonyl (C=O) groups is 1. The molecule has 1 aliphatic heterocycles. The van der Waals surface area contributed by atoms with Crippen molar-refractivity contribution in [2.75, 3.05) is 17.9 Å². The van der Waals surface area contributed by atoms with Gasteiger partial charge in [0.05, 0.1) is 16.6 Å². The molecule has 8 heteroatoms. The number of halogens is 1. The monoisotopic (exact) mass is 584 g/mol. The van der Waals surface area contributed by atoms with Gasteiger partial charge in [0, 0.05) is 17.0 Å². The van der Waals surface area contributed by atoms with Crippen molar-refractivity contribution < 1.29 is 18.3 Å². The van der Waals surface area contributed by atoms with Crippen molar-refractivity contribution in [3.05, 3.63) is 57.2 Å².